The summed E-state index contributed by atoms with van der Waals surface area (Å²) >= 11 is 0. The lowest BCUT2D eigenvalue weighted by Crippen LogP contribution is -2.29. The Bertz CT molecular complexity index is 869. The summed E-state index contributed by atoms with van der Waals surface area (Å²) in [5, 5.41) is 3.08. The molecule has 0 saturated heterocycles. The van der Waals surface area contributed by atoms with Crippen molar-refractivity contribution in [3.8, 4) is 0 Å². The van der Waals surface area contributed by atoms with Gasteiger partial charge in [-0.15, -0.1) is 0 Å². The number of aryl methyl sites for hydroxylation is 2. The van der Waals surface area contributed by atoms with E-state index in [1.54, 1.807) is 0 Å². The molecule has 0 amide bonds. The molecule has 0 unspecified atom stereocenters. The van der Waals surface area contributed by atoms with Crippen LogP contribution in [0.15, 0.2) is 24.3 Å². The van der Waals surface area contributed by atoms with Crippen LogP contribution in [0.5, 0.6) is 0 Å². The monoisotopic (exact) mass is 438 g/mol. The van der Waals surface area contributed by atoms with Gasteiger partial charge in [0.2, 0.25) is 0 Å². The Morgan fingerprint density at radius 2 is 0.742 bits per heavy atom. The van der Waals surface area contributed by atoms with Gasteiger partial charge < -0.3 is 0 Å². The SMILES string of the molecule is Cc1cc(C(C)(C)C)cc(C(C)(C)C)c1Pc1c(C)cc(C(C)(C)C)cc1C(C)(C)C. The summed E-state index contributed by atoms with van der Waals surface area (Å²) in [5.41, 5.74) is 9.35. The van der Waals surface area contributed by atoms with Crippen LogP contribution in [0.1, 0.15) is 116 Å². The van der Waals surface area contributed by atoms with Crippen molar-refractivity contribution >= 4 is 19.2 Å². The van der Waals surface area contributed by atoms with Crippen LogP contribution < -0.4 is 10.6 Å². The van der Waals surface area contributed by atoms with E-state index in [1.807, 2.05) is 0 Å². The topological polar surface area (TPSA) is 0 Å². The second-order valence-corrected chi connectivity index (χ2v) is 14.8. The molecule has 172 valence electrons. The Morgan fingerprint density at radius 3 is 0.968 bits per heavy atom. The molecular formula is C30H47P. The minimum atomic E-state index is 0.121. The van der Waals surface area contributed by atoms with E-state index in [1.165, 1.54) is 44.0 Å². The average molecular weight is 439 g/mol. The summed E-state index contributed by atoms with van der Waals surface area (Å²) in [6, 6.07) is 9.86. The van der Waals surface area contributed by atoms with Gasteiger partial charge in [-0.1, -0.05) is 116 Å². The van der Waals surface area contributed by atoms with E-state index in [9.17, 15) is 0 Å². The average Bonchev–Trinajstić information content (AvgIpc) is 2.53. The molecule has 1 heteroatoms. The van der Waals surface area contributed by atoms with Gasteiger partial charge >= 0.3 is 0 Å². The third-order valence-corrected chi connectivity index (χ3v) is 8.10. The summed E-state index contributed by atoms with van der Waals surface area (Å²) in [6.07, 6.45) is 0. The van der Waals surface area contributed by atoms with Crippen LogP contribution in [-0.2, 0) is 21.7 Å². The second-order valence-electron chi connectivity index (χ2n) is 13.6. The maximum Gasteiger partial charge on any atom is -0.0125 e. The van der Waals surface area contributed by atoms with E-state index in [0.29, 0.717) is 8.58 Å². The normalized spacial score (nSPS) is 13.6. The lowest BCUT2D eigenvalue weighted by atomic mass is 9.79. The zero-order valence-corrected chi connectivity index (χ0v) is 23.8. The molecular weight excluding hydrogens is 391 g/mol. The largest absolute Gasteiger partial charge is 0.0579 e. The van der Waals surface area contributed by atoms with Gasteiger partial charge in [0.15, 0.2) is 0 Å². The molecule has 0 aliphatic carbocycles. The fourth-order valence-corrected chi connectivity index (χ4v) is 6.03. The van der Waals surface area contributed by atoms with Gasteiger partial charge in [-0.2, -0.15) is 0 Å². The Kier molecular flexibility index (Phi) is 7.02. The number of hydrogen-bond acceptors (Lipinski definition) is 0. The molecule has 0 spiro atoms. The van der Waals surface area contributed by atoms with Gasteiger partial charge in [0.05, 0.1) is 0 Å². The summed E-state index contributed by atoms with van der Waals surface area (Å²) in [4.78, 5) is 0. The van der Waals surface area contributed by atoms with Crippen LogP contribution in [0, 0.1) is 13.8 Å². The first-order chi connectivity index (χ1) is 13.7. The van der Waals surface area contributed by atoms with E-state index >= 15 is 0 Å². The zero-order valence-electron chi connectivity index (χ0n) is 22.8. The molecule has 0 N–H and O–H groups in total. The van der Waals surface area contributed by atoms with Crippen LogP contribution >= 0.6 is 8.58 Å². The fraction of sp³-hybridized carbons (Fsp3) is 0.600. The first-order valence-electron chi connectivity index (χ1n) is 11.8. The minimum Gasteiger partial charge on any atom is -0.0579 e. The molecule has 0 nitrogen and oxygen atoms in total. The molecule has 0 fully saturated rings. The van der Waals surface area contributed by atoms with Crippen molar-refractivity contribution < 1.29 is 0 Å². The quantitative estimate of drug-likeness (QED) is 0.415. The maximum atomic E-state index is 2.49. The smallest absolute Gasteiger partial charge is 0.0125 e. The van der Waals surface area contributed by atoms with Gasteiger partial charge in [0.1, 0.15) is 0 Å². The third-order valence-electron chi connectivity index (χ3n) is 6.27. The summed E-state index contributed by atoms with van der Waals surface area (Å²) in [6.45, 7) is 32.8. The highest BCUT2D eigenvalue weighted by atomic mass is 31.1. The van der Waals surface area contributed by atoms with Crippen molar-refractivity contribution in [2.75, 3.05) is 0 Å². The van der Waals surface area contributed by atoms with Crippen LogP contribution in [0.25, 0.3) is 0 Å². The number of benzene rings is 2. The zero-order chi connectivity index (χ0) is 24.2. The minimum absolute atomic E-state index is 0.121. The van der Waals surface area contributed by atoms with Crippen molar-refractivity contribution in [3.63, 3.8) is 0 Å². The molecule has 0 heterocycles. The van der Waals surface area contributed by atoms with Crippen LogP contribution in [-0.4, -0.2) is 0 Å². The third kappa shape index (κ3) is 6.01. The van der Waals surface area contributed by atoms with E-state index < -0.39 is 0 Å². The van der Waals surface area contributed by atoms with Gasteiger partial charge in [0, 0.05) is 0 Å². The molecule has 0 aliphatic heterocycles. The molecule has 2 aromatic rings. The predicted octanol–water partition coefficient (Wildman–Crippen LogP) is 8.12. The van der Waals surface area contributed by atoms with Crippen molar-refractivity contribution in [1.29, 1.82) is 0 Å². The van der Waals surface area contributed by atoms with Crippen LogP contribution in [0.3, 0.4) is 0 Å². The highest BCUT2D eigenvalue weighted by Crippen LogP contribution is 2.36. The van der Waals surface area contributed by atoms with Crippen molar-refractivity contribution in [3.05, 3.63) is 57.6 Å². The predicted molar refractivity (Wildman–Crippen MR) is 145 cm³/mol. The molecule has 0 aliphatic rings. The molecule has 0 bridgehead atoms. The molecule has 0 atom stereocenters. The highest BCUT2D eigenvalue weighted by Gasteiger charge is 2.28. The van der Waals surface area contributed by atoms with Crippen LogP contribution in [0.2, 0.25) is 0 Å². The summed E-state index contributed by atoms with van der Waals surface area (Å²) < 4.78 is 0. The van der Waals surface area contributed by atoms with E-state index in [-0.39, 0.29) is 21.7 Å². The van der Waals surface area contributed by atoms with E-state index in [2.05, 4.69) is 121 Å². The molecule has 31 heavy (non-hydrogen) atoms. The maximum absolute atomic E-state index is 2.49. The lowest BCUT2D eigenvalue weighted by Gasteiger charge is -2.32. The first-order valence-corrected chi connectivity index (χ1v) is 12.8. The van der Waals surface area contributed by atoms with Crippen molar-refractivity contribution in [2.24, 2.45) is 0 Å². The van der Waals surface area contributed by atoms with Crippen LogP contribution in [0.4, 0.5) is 0 Å². The molecule has 0 aromatic heterocycles. The standard InChI is InChI=1S/C30H47P/c1-19-15-21(27(3,4)5)17-23(29(9,10)11)25(19)31-26-20(2)16-22(28(6,7)8)18-24(26)30(12,13)14/h15-18,31H,1-14H3. The molecule has 2 aromatic carbocycles. The molecule has 0 saturated carbocycles. The lowest BCUT2D eigenvalue weighted by molar-refractivity contribution is 0.570. The Hall–Kier alpha value is -1.13. The van der Waals surface area contributed by atoms with Gasteiger partial charge in [-0.25, -0.2) is 0 Å². The number of hydrogen-bond donors (Lipinski definition) is 0. The first kappa shape index (κ1) is 26.1. The molecule has 0 radical (unpaired) electrons. The van der Waals surface area contributed by atoms with Crippen molar-refractivity contribution in [1.82, 2.24) is 0 Å². The Balaban J connectivity index is 2.79. The van der Waals surface area contributed by atoms with E-state index in [4.69, 9.17) is 0 Å². The second kappa shape index (κ2) is 8.33. The van der Waals surface area contributed by atoms with E-state index in [0.717, 1.165) is 0 Å². The summed E-state index contributed by atoms with van der Waals surface area (Å²) in [5.74, 6) is 0. The summed E-state index contributed by atoms with van der Waals surface area (Å²) in [7, 11) is 0.679. The molecule has 2 rings (SSSR count). The highest BCUT2D eigenvalue weighted by molar-refractivity contribution is 7.56. The van der Waals surface area contributed by atoms with Gasteiger partial charge in [-0.05, 0) is 79.5 Å². The fourth-order valence-electron chi connectivity index (χ4n) is 4.08. The van der Waals surface area contributed by atoms with Gasteiger partial charge in [0.25, 0.3) is 0 Å². The Morgan fingerprint density at radius 1 is 0.452 bits per heavy atom. The van der Waals surface area contributed by atoms with Crippen molar-refractivity contribution in [2.45, 2.75) is 119 Å². The Labute approximate surface area is 195 Å². The van der Waals surface area contributed by atoms with Gasteiger partial charge in [-0.3, -0.25) is 0 Å². The number of rotatable bonds is 2.